The molecular weight excluding hydrogens is 208 g/mol. The van der Waals surface area contributed by atoms with Crippen molar-refractivity contribution >= 4 is 0 Å². The molecule has 2 heteroatoms. The Bertz CT molecular complexity index is 219. The number of hydrogen-bond donors (Lipinski definition) is 2. The second-order valence-corrected chi connectivity index (χ2v) is 7.04. The summed E-state index contributed by atoms with van der Waals surface area (Å²) in [7, 11) is 0. The average Bonchev–Trinajstić information content (AvgIpc) is 2.11. The first-order valence-electron chi connectivity index (χ1n) is 7.07. The van der Waals surface area contributed by atoms with E-state index in [4.69, 9.17) is 11.5 Å². The van der Waals surface area contributed by atoms with Crippen molar-refractivity contribution in [2.24, 2.45) is 40.6 Å². The lowest BCUT2D eigenvalue weighted by Gasteiger charge is -2.55. The van der Waals surface area contributed by atoms with E-state index < -0.39 is 5.66 Å². The molecule has 0 fully saturated rings. The van der Waals surface area contributed by atoms with Crippen molar-refractivity contribution in [3.05, 3.63) is 0 Å². The lowest BCUT2D eigenvalue weighted by atomic mass is 9.55. The van der Waals surface area contributed by atoms with Gasteiger partial charge in [0.25, 0.3) is 0 Å². The van der Waals surface area contributed by atoms with Crippen LogP contribution in [0.3, 0.4) is 0 Å². The molecule has 0 saturated carbocycles. The van der Waals surface area contributed by atoms with Crippen LogP contribution in [-0.4, -0.2) is 5.66 Å². The van der Waals surface area contributed by atoms with Gasteiger partial charge in [0.15, 0.2) is 0 Å². The molecule has 0 aromatic heterocycles. The van der Waals surface area contributed by atoms with Crippen LogP contribution in [0.15, 0.2) is 0 Å². The van der Waals surface area contributed by atoms with E-state index in [1.54, 1.807) is 0 Å². The Morgan fingerprint density at radius 3 is 1.24 bits per heavy atom. The summed E-state index contributed by atoms with van der Waals surface area (Å²) in [4.78, 5) is 0. The summed E-state index contributed by atoms with van der Waals surface area (Å²) in [6.07, 6.45) is 1.09. The first kappa shape index (κ1) is 16.9. The van der Waals surface area contributed by atoms with Gasteiger partial charge in [0.1, 0.15) is 0 Å². The average molecular weight is 242 g/mol. The molecule has 0 aliphatic carbocycles. The van der Waals surface area contributed by atoms with Crippen LogP contribution in [-0.2, 0) is 0 Å². The van der Waals surface area contributed by atoms with Crippen molar-refractivity contribution < 1.29 is 0 Å². The molecule has 0 aliphatic heterocycles. The summed E-state index contributed by atoms with van der Waals surface area (Å²) in [5, 5.41) is 0. The number of hydrogen-bond acceptors (Lipinski definition) is 2. The largest absolute Gasteiger partial charge is 0.313 e. The minimum Gasteiger partial charge on any atom is -0.313 e. The van der Waals surface area contributed by atoms with Gasteiger partial charge in [-0.1, -0.05) is 55.4 Å². The van der Waals surface area contributed by atoms with Crippen LogP contribution in [0.2, 0.25) is 0 Å². The molecule has 0 heterocycles. The third-order valence-corrected chi connectivity index (χ3v) is 4.57. The van der Waals surface area contributed by atoms with E-state index in [0.29, 0.717) is 17.8 Å². The van der Waals surface area contributed by atoms with Gasteiger partial charge in [0.2, 0.25) is 0 Å². The predicted octanol–water partition coefficient (Wildman–Crippen LogP) is 3.60. The molecular formula is C15H34N2. The summed E-state index contributed by atoms with van der Waals surface area (Å²) in [5.74, 6) is 1.88. The quantitative estimate of drug-likeness (QED) is 0.699. The van der Waals surface area contributed by atoms with Crippen LogP contribution in [0.4, 0.5) is 0 Å². The molecule has 0 amide bonds. The van der Waals surface area contributed by atoms with Gasteiger partial charge < -0.3 is 11.5 Å². The molecule has 0 spiro atoms. The number of nitrogens with two attached hydrogens (primary N) is 2. The molecule has 0 bridgehead atoms. The topological polar surface area (TPSA) is 52.0 Å². The van der Waals surface area contributed by atoms with Crippen LogP contribution in [0.25, 0.3) is 0 Å². The summed E-state index contributed by atoms with van der Waals surface area (Å²) >= 11 is 0. The normalized spacial score (nSPS) is 14.5. The highest BCUT2D eigenvalue weighted by Crippen LogP contribution is 2.49. The van der Waals surface area contributed by atoms with Crippen molar-refractivity contribution in [2.45, 2.75) is 67.5 Å². The molecule has 0 aromatic carbocycles. The maximum absolute atomic E-state index is 6.57. The van der Waals surface area contributed by atoms with Gasteiger partial charge in [-0.2, -0.15) is 0 Å². The van der Waals surface area contributed by atoms with E-state index in [2.05, 4.69) is 55.4 Å². The monoisotopic (exact) mass is 242 g/mol. The van der Waals surface area contributed by atoms with Crippen molar-refractivity contribution in [2.75, 3.05) is 0 Å². The smallest absolute Gasteiger partial charge is 0.0723 e. The molecule has 0 radical (unpaired) electrons. The summed E-state index contributed by atoms with van der Waals surface area (Å²) < 4.78 is 0. The molecule has 104 valence electrons. The minimum absolute atomic E-state index is 0.00463. The standard InChI is InChI=1S/C15H34N2/c1-10(2)9-14(11(3)4,12(5)6)15(16,17)13(7)8/h10-13H,9,16-17H2,1-8H3. The second-order valence-electron chi connectivity index (χ2n) is 7.04. The molecule has 2 nitrogen and oxygen atoms in total. The molecule has 0 unspecified atom stereocenters. The maximum Gasteiger partial charge on any atom is 0.0723 e. The molecule has 4 N–H and O–H groups in total. The van der Waals surface area contributed by atoms with Crippen molar-refractivity contribution in [3.8, 4) is 0 Å². The van der Waals surface area contributed by atoms with Gasteiger partial charge in [-0.05, 0) is 30.1 Å². The maximum atomic E-state index is 6.57. The second kappa shape index (κ2) is 5.71. The highest BCUT2D eigenvalue weighted by atomic mass is 15.0. The van der Waals surface area contributed by atoms with Crippen LogP contribution in [0.1, 0.15) is 61.8 Å². The predicted molar refractivity (Wildman–Crippen MR) is 77.5 cm³/mol. The van der Waals surface area contributed by atoms with E-state index in [1.165, 1.54) is 0 Å². The van der Waals surface area contributed by atoms with E-state index in [0.717, 1.165) is 6.42 Å². The van der Waals surface area contributed by atoms with Crippen LogP contribution in [0.5, 0.6) is 0 Å². The molecule has 0 aromatic rings. The lowest BCUT2D eigenvalue weighted by Crippen LogP contribution is -2.69. The van der Waals surface area contributed by atoms with E-state index in [9.17, 15) is 0 Å². The van der Waals surface area contributed by atoms with Gasteiger partial charge >= 0.3 is 0 Å². The van der Waals surface area contributed by atoms with Crippen LogP contribution < -0.4 is 11.5 Å². The van der Waals surface area contributed by atoms with Crippen LogP contribution in [0, 0.1) is 29.1 Å². The van der Waals surface area contributed by atoms with Gasteiger partial charge in [-0.15, -0.1) is 0 Å². The lowest BCUT2D eigenvalue weighted by molar-refractivity contribution is -0.0353. The first-order chi connectivity index (χ1) is 7.50. The SMILES string of the molecule is CC(C)CC(C(C)C)(C(C)C)C(N)(N)C(C)C. The third-order valence-electron chi connectivity index (χ3n) is 4.57. The molecule has 0 saturated heterocycles. The van der Waals surface area contributed by atoms with Gasteiger partial charge in [0.05, 0.1) is 5.66 Å². The Morgan fingerprint density at radius 2 is 1.06 bits per heavy atom. The van der Waals surface area contributed by atoms with Gasteiger partial charge in [-0.3, -0.25) is 0 Å². The fraction of sp³-hybridized carbons (Fsp3) is 1.00. The van der Waals surface area contributed by atoms with Crippen molar-refractivity contribution in [1.82, 2.24) is 0 Å². The Labute approximate surface area is 109 Å². The third kappa shape index (κ3) is 3.03. The van der Waals surface area contributed by atoms with Gasteiger partial charge in [0, 0.05) is 5.41 Å². The van der Waals surface area contributed by atoms with Gasteiger partial charge in [-0.25, -0.2) is 0 Å². The Hall–Kier alpha value is -0.0800. The zero-order valence-corrected chi connectivity index (χ0v) is 13.2. The summed E-state index contributed by atoms with van der Waals surface area (Å²) in [5.41, 5.74) is 12.5. The minimum atomic E-state index is -0.612. The Morgan fingerprint density at radius 1 is 0.706 bits per heavy atom. The summed E-state index contributed by atoms with van der Waals surface area (Å²) in [6.45, 7) is 17.8. The van der Waals surface area contributed by atoms with E-state index >= 15 is 0 Å². The Kier molecular flexibility index (Phi) is 5.68. The molecule has 0 rings (SSSR count). The fourth-order valence-corrected chi connectivity index (χ4v) is 3.53. The first-order valence-corrected chi connectivity index (χ1v) is 7.07. The van der Waals surface area contributed by atoms with E-state index in [-0.39, 0.29) is 11.3 Å². The van der Waals surface area contributed by atoms with Crippen molar-refractivity contribution in [3.63, 3.8) is 0 Å². The molecule has 0 atom stereocenters. The summed E-state index contributed by atoms with van der Waals surface area (Å²) in [6, 6.07) is 0. The van der Waals surface area contributed by atoms with Crippen LogP contribution >= 0.6 is 0 Å². The number of rotatable bonds is 6. The molecule has 17 heavy (non-hydrogen) atoms. The Balaban J connectivity index is 5.63. The zero-order chi connectivity index (χ0) is 14.0. The molecule has 0 aliphatic rings. The fourth-order valence-electron chi connectivity index (χ4n) is 3.53. The van der Waals surface area contributed by atoms with E-state index in [1.807, 2.05) is 0 Å². The highest BCUT2D eigenvalue weighted by Gasteiger charge is 2.52. The van der Waals surface area contributed by atoms with Crippen molar-refractivity contribution in [1.29, 1.82) is 0 Å². The highest BCUT2D eigenvalue weighted by molar-refractivity contribution is 5.04. The zero-order valence-electron chi connectivity index (χ0n) is 13.2.